The topological polar surface area (TPSA) is 275 Å². The molecule has 2 saturated heterocycles. The largest absolute Gasteiger partial charge is 0.438 e. The summed E-state index contributed by atoms with van der Waals surface area (Å²) in [6.07, 6.45) is 1.01. The molecule has 2 aliphatic rings. The smallest absolute Gasteiger partial charge is 0.407 e. The van der Waals surface area contributed by atoms with Crippen molar-refractivity contribution in [2.75, 3.05) is 26.7 Å². The second-order valence-corrected chi connectivity index (χ2v) is 22.8. The van der Waals surface area contributed by atoms with Crippen LogP contribution in [0.3, 0.4) is 0 Å². The standard InChI is InChI=1S/C53H68N7O13P/c1-32(2)59-26-25-37-20-23-42(47(64)56-39(22-24-43(54)61)45(62)58-44(33-15-11-9-12-16-33)34-17-13-10-14-18-34)60(37)48(65)41(29-59)57-46(63)40-28-36-27-35(19-21-38(36)55-40)49(66)74(69,72-30-70-50(67)52(3,4)5)73-31-71-51(68)53(6,7)8/h9-19,21,27-28,32,37,39,41-42,44,55H,20,22-26,29-31H2,1-8H3,(H2,54,61)(H,56,64)(H,57,63)(H,58,62)/t37-,39+,41+,42+/m1/s1. The van der Waals surface area contributed by atoms with Gasteiger partial charge in [0.2, 0.25) is 37.2 Å². The number of hydrogen-bond donors (Lipinski definition) is 5. The number of hydrogen-bond acceptors (Lipinski definition) is 14. The zero-order valence-electron chi connectivity index (χ0n) is 43.1. The molecule has 2 fully saturated rings. The van der Waals surface area contributed by atoms with Gasteiger partial charge in [-0.2, -0.15) is 0 Å². The van der Waals surface area contributed by atoms with Crippen molar-refractivity contribution < 1.29 is 61.4 Å². The van der Waals surface area contributed by atoms with Crippen molar-refractivity contribution >= 4 is 65.5 Å². The van der Waals surface area contributed by atoms with E-state index < -0.39 is 103 Å². The van der Waals surface area contributed by atoms with Crippen LogP contribution in [0.4, 0.5) is 0 Å². The highest BCUT2D eigenvalue weighted by molar-refractivity contribution is 7.72. The van der Waals surface area contributed by atoms with E-state index in [1.165, 1.54) is 29.2 Å². The summed E-state index contributed by atoms with van der Waals surface area (Å²) in [6.45, 7) is 12.3. The molecule has 4 aromatic rings. The average Bonchev–Trinajstić information content (AvgIpc) is 3.98. The molecule has 3 heterocycles. The van der Waals surface area contributed by atoms with Crippen LogP contribution >= 0.6 is 7.60 Å². The fourth-order valence-electron chi connectivity index (χ4n) is 8.62. The number of ether oxygens (including phenoxy) is 2. The number of primary amides is 1. The lowest BCUT2D eigenvalue weighted by Crippen LogP contribution is -2.62. The molecule has 6 N–H and O–H groups in total. The van der Waals surface area contributed by atoms with Gasteiger partial charge in [0.25, 0.3) is 11.4 Å². The molecule has 0 aliphatic carbocycles. The Morgan fingerprint density at radius 1 is 0.784 bits per heavy atom. The van der Waals surface area contributed by atoms with Gasteiger partial charge in [-0.1, -0.05) is 60.7 Å². The summed E-state index contributed by atoms with van der Waals surface area (Å²) in [7, 11) is -4.86. The number of rotatable bonds is 20. The molecule has 0 bridgehead atoms. The Kier molecular flexibility index (Phi) is 18.4. The third kappa shape index (κ3) is 14.3. The van der Waals surface area contributed by atoms with Crippen molar-refractivity contribution in [1.29, 1.82) is 0 Å². The second-order valence-electron chi connectivity index (χ2n) is 20.9. The van der Waals surface area contributed by atoms with Gasteiger partial charge in [-0.3, -0.25) is 56.9 Å². The molecular weight excluding hydrogens is 974 g/mol. The number of amides is 5. The number of aromatic nitrogens is 1. The van der Waals surface area contributed by atoms with E-state index in [1.54, 1.807) is 41.5 Å². The Labute approximate surface area is 430 Å². The van der Waals surface area contributed by atoms with E-state index in [9.17, 15) is 42.9 Å². The van der Waals surface area contributed by atoms with Crippen molar-refractivity contribution in [2.24, 2.45) is 16.6 Å². The first kappa shape index (κ1) is 56.6. The van der Waals surface area contributed by atoms with Gasteiger partial charge < -0.3 is 41.0 Å². The second kappa shape index (κ2) is 24.1. The molecule has 398 valence electrons. The van der Waals surface area contributed by atoms with Crippen LogP contribution in [0.15, 0.2) is 84.9 Å². The summed E-state index contributed by atoms with van der Waals surface area (Å²) < 4.78 is 34.8. The van der Waals surface area contributed by atoms with E-state index in [0.29, 0.717) is 30.3 Å². The van der Waals surface area contributed by atoms with Crippen LogP contribution in [0.5, 0.6) is 0 Å². The minimum absolute atomic E-state index is 0.00861. The fraction of sp³-hybridized carbons (Fsp3) is 0.472. The number of nitrogens with zero attached hydrogens (tertiary/aromatic N) is 2. The van der Waals surface area contributed by atoms with Crippen LogP contribution < -0.4 is 21.7 Å². The predicted octanol–water partition coefficient (Wildman–Crippen LogP) is 5.86. The van der Waals surface area contributed by atoms with Gasteiger partial charge in [-0.05, 0) is 116 Å². The van der Waals surface area contributed by atoms with Crippen LogP contribution in [0.2, 0.25) is 0 Å². The van der Waals surface area contributed by atoms with Crippen molar-refractivity contribution in [1.82, 2.24) is 30.7 Å². The molecule has 0 unspecified atom stereocenters. The molecular formula is C53H68N7O13P. The number of fused-ring (bicyclic) bond motifs is 2. The highest BCUT2D eigenvalue weighted by Gasteiger charge is 2.46. The molecule has 2 aliphatic heterocycles. The summed E-state index contributed by atoms with van der Waals surface area (Å²) in [5, 5.41) is 9.10. The molecule has 0 radical (unpaired) electrons. The third-order valence-electron chi connectivity index (χ3n) is 12.8. The molecule has 0 spiro atoms. The summed E-state index contributed by atoms with van der Waals surface area (Å²) in [5.41, 5.74) is 4.29. The highest BCUT2D eigenvalue weighted by Crippen LogP contribution is 2.51. The first-order chi connectivity index (χ1) is 34.9. The quantitative estimate of drug-likeness (QED) is 0.0394. The van der Waals surface area contributed by atoms with Crippen molar-refractivity contribution in [3.63, 3.8) is 0 Å². The normalized spacial score (nSPS) is 18.0. The number of carbonyl (C=O) groups is 8. The van der Waals surface area contributed by atoms with Gasteiger partial charge in [0.1, 0.15) is 23.8 Å². The van der Waals surface area contributed by atoms with Crippen LogP contribution in [-0.4, -0.2) is 119 Å². The van der Waals surface area contributed by atoms with E-state index in [-0.39, 0.29) is 49.1 Å². The molecule has 21 heteroatoms. The Hall–Kier alpha value is -6.73. The number of H-pyrrole nitrogens is 1. The van der Waals surface area contributed by atoms with Gasteiger partial charge in [0.15, 0.2) is 0 Å². The van der Waals surface area contributed by atoms with Gasteiger partial charge in [0.05, 0.1) is 16.9 Å². The van der Waals surface area contributed by atoms with E-state index >= 15 is 0 Å². The maximum atomic E-state index is 14.8. The number of aromatic amines is 1. The van der Waals surface area contributed by atoms with E-state index in [2.05, 4.69) is 25.8 Å². The van der Waals surface area contributed by atoms with Crippen molar-refractivity contribution in [3.05, 3.63) is 107 Å². The van der Waals surface area contributed by atoms with Crippen LogP contribution in [0.25, 0.3) is 10.9 Å². The molecule has 0 saturated carbocycles. The summed E-state index contributed by atoms with van der Waals surface area (Å²) in [5.74, 6) is -4.40. The zero-order valence-corrected chi connectivity index (χ0v) is 44.0. The molecule has 5 amide bonds. The number of benzene rings is 3. The highest BCUT2D eigenvalue weighted by atomic mass is 31.2. The minimum atomic E-state index is -4.86. The van der Waals surface area contributed by atoms with Crippen LogP contribution in [0.1, 0.15) is 126 Å². The lowest BCUT2D eigenvalue weighted by Gasteiger charge is -2.40. The molecule has 4 atom stereocenters. The molecule has 20 nitrogen and oxygen atoms in total. The van der Waals surface area contributed by atoms with E-state index in [0.717, 1.165) is 11.1 Å². The number of nitrogens with one attached hydrogen (secondary N) is 4. The number of esters is 2. The predicted molar refractivity (Wildman–Crippen MR) is 273 cm³/mol. The van der Waals surface area contributed by atoms with Gasteiger partial charge in [-0.15, -0.1) is 0 Å². The minimum Gasteiger partial charge on any atom is -0.438 e. The molecule has 6 rings (SSSR count). The summed E-state index contributed by atoms with van der Waals surface area (Å²) >= 11 is 0. The first-order valence-electron chi connectivity index (χ1n) is 24.6. The summed E-state index contributed by atoms with van der Waals surface area (Å²) in [6, 6.07) is 19.8. The average molecular weight is 1040 g/mol. The van der Waals surface area contributed by atoms with Gasteiger partial charge in [0, 0.05) is 48.1 Å². The lowest BCUT2D eigenvalue weighted by atomic mass is 9.98. The molecule has 1 aromatic heterocycles. The number of carbonyl (C=O) groups excluding carboxylic acids is 8. The monoisotopic (exact) mass is 1040 g/mol. The Morgan fingerprint density at radius 2 is 1.36 bits per heavy atom. The third-order valence-corrected chi connectivity index (χ3v) is 14.5. The van der Waals surface area contributed by atoms with E-state index in [1.807, 2.05) is 74.5 Å². The summed E-state index contributed by atoms with van der Waals surface area (Å²) in [4.78, 5) is 115. The Balaban J connectivity index is 1.21. The maximum absolute atomic E-state index is 14.8. The first-order valence-corrected chi connectivity index (χ1v) is 26.2. The van der Waals surface area contributed by atoms with E-state index in [4.69, 9.17) is 24.3 Å². The molecule has 3 aromatic carbocycles. The SMILES string of the molecule is CC(C)N1CC[C@H]2CC[C@@H](C(=O)N[C@@H](CCC(N)=O)C(=O)NC(c3ccccc3)c3ccccc3)N2C(=O)[C@@H](NC(=O)c2cc3cc(C(=O)P(=O)(OCOC(=O)C(C)(C)C)OCOC(=O)C(C)(C)C)ccc3[nH]2)C1. The van der Waals surface area contributed by atoms with Crippen molar-refractivity contribution in [3.8, 4) is 0 Å². The molecule has 74 heavy (non-hydrogen) atoms. The Morgan fingerprint density at radius 3 is 1.91 bits per heavy atom. The lowest BCUT2D eigenvalue weighted by molar-refractivity contribution is -0.162. The van der Waals surface area contributed by atoms with Gasteiger partial charge in [-0.25, -0.2) is 0 Å². The Bertz CT molecular complexity index is 2680. The van der Waals surface area contributed by atoms with Crippen LogP contribution in [0, 0.1) is 10.8 Å². The van der Waals surface area contributed by atoms with Crippen molar-refractivity contribution in [2.45, 2.75) is 124 Å². The van der Waals surface area contributed by atoms with Crippen LogP contribution in [-0.2, 0) is 51.9 Å². The fourth-order valence-corrected chi connectivity index (χ4v) is 9.76. The maximum Gasteiger partial charge on any atom is 0.407 e. The number of nitrogens with two attached hydrogens (primary N) is 1. The van der Waals surface area contributed by atoms with Gasteiger partial charge >= 0.3 is 19.5 Å². The zero-order chi connectivity index (χ0) is 54.1.